The van der Waals surface area contributed by atoms with Crippen molar-refractivity contribution in [2.24, 2.45) is 0 Å². The maximum Gasteiger partial charge on any atom is 0.416 e. The monoisotopic (exact) mass is 489 g/mol. The smallest absolute Gasteiger partial charge is 0.347 e. The largest absolute Gasteiger partial charge is 0.416 e. The van der Waals surface area contributed by atoms with E-state index in [0.717, 1.165) is 33.9 Å². The Labute approximate surface area is 203 Å². The summed E-state index contributed by atoms with van der Waals surface area (Å²) in [6, 6.07) is 20.2. The summed E-state index contributed by atoms with van der Waals surface area (Å²) in [6.45, 7) is 0.183. The standard InChI is InChI=1S/C28H19F4N3O/c29-20-10-5-18(6-11-20)7-14-27(36)34-16-21-15-24-23-3-1-2-4-25(23)35(26(24)17-33-21)22-12-8-19(9-13-22)28(30,31)32/h1-15,17H,16H2,(H,34,36)/b14-7+. The third-order valence-electron chi connectivity index (χ3n) is 5.81. The van der Waals surface area contributed by atoms with E-state index < -0.39 is 11.7 Å². The van der Waals surface area contributed by atoms with Crippen molar-refractivity contribution in [3.63, 3.8) is 0 Å². The Morgan fingerprint density at radius 2 is 1.64 bits per heavy atom. The number of amides is 1. The number of hydrogen-bond donors (Lipinski definition) is 1. The zero-order valence-electron chi connectivity index (χ0n) is 18.8. The topological polar surface area (TPSA) is 46.9 Å². The maximum absolute atomic E-state index is 13.0. The highest BCUT2D eigenvalue weighted by atomic mass is 19.4. The molecule has 5 rings (SSSR count). The number of alkyl halides is 3. The number of halogens is 4. The van der Waals surface area contributed by atoms with Crippen molar-refractivity contribution < 1.29 is 22.4 Å². The first-order valence-corrected chi connectivity index (χ1v) is 11.1. The zero-order chi connectivity index (χ0) is 25.3. The van der Waals surface area contributed by atoms with E-state index in [9.17, 15) is 22.4 Å². The molecule has 1 N–H and O–H groups in total. The lowest BCUT2D eigenvalue weighted by Crippen LogP contribution is -2.20. The summed E-state index contributed by atoms with van der Waals surface area (Å²) >= 11 is 0. The second-order valence-electron chi connectivity index (χ2n) is 8.19. The van der Waals surface area contributed by atoms with Crippen LogP contribution >= 0.6 is 0 Å². The molecule has 8 heteroatoms. The Hall–Kier alpha value is -4.46. The predicted molar refractivity (Wildman–Crippen MR) is 131 cm³/mol. The molecule has 0 bridgehead atoms. The summed E-state index contributed by atoms with van der Waals surface area (Å²) in [5.41, 5.74) is 2.77. The second kappa shape index (κ2) is 9.30. The number of hydrogen-bond acceptors (Lipinski definition) is 2. The Bertz CT molecular complexity index is 1580. The van der Waals surface area contributed by atoms with Gasteiger partial charge in [0.1, 0.15) is 5.82 Å². The number of aromatic nitrogens is 2. The molecule has 2 aromatic heterocycles. The molecule has 2 heterocycles. The fraction of sp³-hybridized carbons (Fsp3) is 0.0714. The van der Waals surface area contributed by atoms with E-state index in [2.05, 4.69) is 10.3 Å². The van der Waals surface area contributed by atoms with Gasteiger partial charge in [0.2, 0.25) is 5.91 Å². The van der Waals surface area contributed by atoms with Crippen LogP contribution in [-0.2, 0) is 17.5 Å². The molecule has 5 aromatic rings. The van der Waals surface area contributed by atoms with E-state index in [1.807, 2.05) is 34.9 Å². The summed E-state index contributed by atoms with van der Waals surface area (Å²) in [7, 11) is 0. The summed E-state index contributed by atoms with van der Waals surface area (Å²) in [6.07, 6.45) is 0.197. The summed E-state index contributed by atoms with van der Waals surface area (Å²) < 4.78 is 54.0. The highest BCUT2D eigenvalue weighted by Gasteiger charge is 2.30. The van der Waals surface area contributed by atoms with E-state index >= 15 is 0 Å². The number of benzene rings is 3. The summed E-state index contributed by atoms with van der Waals surface area (Å²) in [5.74, 6) is -0.675. The summed E-state index contributed by atoms with van der Waals surface area (Å²) in [4.78, 5) is 16.7. The van der Waals surface area contributed by atoms with Gasteiger partial charge in [-0.25, -0.2) is 4.39 Å². The lowest BCUT2D eigenvalue weighted by Gasteiger charge is -2.10. The lowest BCUT2D eigenvalue weighted by atomic mass is 10.1. The van der Waals surface area contributed by atoms with Crippen LogP contribution in [0.4, 0.5) is 17.6 Å². The average molecular weight is 489 g/mol. The van der Waals surface area contributed by atoms with E-state index in [4.69, 9.17) is 0 Å². The molecule has 0 saturated heterocycles. The number of para-hydroxylation sites is 1. The van der Waals surface area contributed by atoms with Crippen LogP contribution in [0.3, 0.4) is 0 Å². The van der Waals surface area contributed by atoms with Crippen LogP contribution in [0.5, 0.6) is 0 Å². The lowest BCUT2D eigenvalue weighted by molar-refractivity contribution is -0.137. The van der Waals surface area contributed by atoms with Crippen LogP contribution in [0.15, 0.2) is 91.1 Å². The maximum atomic E-state index is 13.0. The van der Waals surface area contributed by atoms with Gasteiger partial charge >= 0.3 is 6.18 Å². The van der Waals surface area contributed by atoms with Gasteiger partial charge in [0.25, 0.3) is 0 Å². The number of carbonyl (C=O) groups is 1. The van der Waals surface area contributed by atoms with Gasteiger partial charge in [-0.2, -0.15) is 13.2 Å². The Kier molecular flexibility index (Phi) is 6.01. The molecule has 0 saturated carbocycles. The molecule has 1 amide bonds. The van der Waals surface area contributed by atoms with Gasteiger partial charge in [-0.05, 0) is 60.2 Å². The molecule has 0 fully saturated rings. The molecular formula is C28H19F4N3O. The number of carbonyl (C=O) groups excluding carboxylic acids is 1. The van der Waals surface area contributed by atoms with Crippen LogP contribution < -0.4 is 5.32 Å². The van der Waals surface area contributed by atoms with Crippen molar-refractivity contribution in [3.8, 4) is 5.69 Å². The minimum atomic E-state index is -4.41. The van der Waals surface area contributed by atoms with Crippen LogP contribution in [0.2, 0.25) is 0 Å². The first kappa shape index (κ1) is 23.3. The van der Waals surface area contributed by atoms with Gasteiger partial charge < -0.3 is 9.88 Å². The third-order valence-corrected chi connectivity index (χ3v) is 5.81. The van der Waals surface area contributed by atoms with Gasteiger partial charge in [-0.3, -0.25) is 9.78 Å². The third kappa shape index (κ3) is 4.70. The molecule has 4 nitrogen and oxygen atoms in total. The first-order chi connectivity index (χ1) is 17.3. The number of nitrogens with zero attached hydrogens (tertiary/aromatic N) is 2. The SMILES string of the molecule is O=C(/C=C/c1ccc(F)cc1)NCc1cc2c3ccccc3n(-c3ccc(C(F)(F)F)cc3)c2cn1. The van der Waals surface area contributed by atoms with Crippen molar-refractivity contribution >= 4 is 33.8 Å². The molecule has 0 aliphatic rings. The van der Waals surface area contributed by atoms with Gasteiger partial charge in [-0.15, -0.1) is 0 Å². The molecule has 0 radical (unpaired) electrons. The predicted octanol–water partition coefficient (Wildman–Crippen LogP) is 6.67. The van der Waals surface area contributed by atoms with Crippen LogP contribution in [0.1, 0.15) is 16.8 Å². The quantitative estimate of drug-likeness (QED) is 0.222. The van der Waals surface area contributed by atoms with Crippen molar-refractivity contribution in [3.05, 3.63) is 114 Å². The van der Waals surface area contributed by atoms with Crippen LogP contribution in [-0.4, -0.2) is 15.5 Å². The molecule has 0 atom stereocenters. The van der Waals surface area contributed by atoms with Crippen LogP contribution in [0.25, 0.3) is 33.6 Å². The number of rotatable bonds is 5. The van der Waals surface area contributed by atoms with Crippen molar-refractivity contribution in [1.82, 2.24) is 14.9 Å². The fourth-order valence-corrected chi connectivity index (χ4v) is 4.07. The zero-order valence-corrected chi connectivity index (χ0v) is 18.8. The molecule has 3 aromatic carbocycles. The molecule has 0 spiro atoms. The Morgan fingerprint density at radius 3 is 2.36 bits per heavy atom. The van der Waals surface area contributed by atoms with Crippen molar-refractivity contribution in [2.75, 3.05) is 0 Å². The van der Waals surface area contributed by atoms with Crippen molar-refractivity contribution in [2.45, 2.75) is 12.7 Å². The highest BCUT2D eigenvalue weighted by molar-refractivity contribution is 6.09. The van der Waals surface area contributed by atoms with Gasteiger partial charge in [-0.1, -0.05) is 30.3 Å². The fourth-order valence-electron chi connectivity index (χ4n) is 4.07. The van der Waals surface area contributed by atoms with Gasteiger partial charge in [0, 0.05) is 22.5 Å². The van der Waals surface area contributed by atoms with E-state index in [0.29, 0.717) is 16.9 Å². The second-order valence-corrected chi connectivity index (χ2v) is 8.19. The number of pyridine rings is 1. The van der Waals surface area contributed by atoms with E-state index in [1.165, 1.54) is 30.3 Å². The van der Waals surface area contributed by atoms with Gasteiger partial charge in [0.15, 0.2) is 0 Å². The summed E-state index contributed by atoms with van der Waals surface area (Å²) in [5, 5.41) is 4.56. The Morgan fingerprint density at radius 1 is 0.917 bits per heavy atom. The van der Waals surface area contributed by atoms with E-state index in [-0.39, 0.29) is 18.3 Å². The van der Waals surface area contributed by atoms with Crippen LogP contribution in [0, 0.1) is 5.82 Å². The Balaban J connectivity index is 1.42. The minimum Gasteiger partial charge on any atom is -0.347 e. The number of fused-ring (bicyclic) bond motifs is 3. The first-order valence-electron chi connectivity index (χ1n) is 11.1. The highest BCUT2D eigenvalue weighted by Crippen LogP contribution is 2.34. The molecule has 0 unspecified atom stereocenters. The minimum absolute atomic E-state index is 0.183. The molecule has 0 aliphatic heterocycles. The normalized spacial score (nSPS) is 12.0. The van der Waals surface area contributed by atoms with Crippen molar-refractivity contribution in [1.29, 1.82) is 0 Å². The molecule has 36 heavy (non-hydrogen) atoms. The number of nitrogens with one attached hydrogen (secondary N) is 1. The van der Waals surface area contributed by atoms with E-state index in [1.54, 1.807) is 24.4 Å². The molecule has 180 valence electrons. The van der Waals surface area contributed by atoms with Gasteiger partial charge in [0.05, 0.1) is 35.0 Å². The molecule has 0 aliphatic carbocycles. The average Bonchev–Trinajstić information content (AvgIpc) is 3.20. The molecular weight excluding hydrogens is 470 g/mol.